The maximum Gasteiger partial charge on any atom is 0.355 e. The molecule has 376 valence electrons. The van der Waals surface area contributed by atoms with Crippen LogP contribution in [0, 0.1) is 11.3 Å². The van der Waals surface area contributed by atoms with Crippen molar-refractivity contribution in [2.75, 3.05) is 54.1 Å². The quantitative estimate of drug-likeness (QED) is 0.0982. The van der Waals surface area contributed by atoms with Crippen LogP contribution >= 0.6 is 0 Å². The second kappa shape index (κ2) is 20.6. The summed E-state index contributed by atoms with van der Waals surface area (Å²) in [6.45, 7) is 13.9. The van der Waals surface area contributed by atoms with Crippen LogP contribution in [0.4, 0.5) is 0 Å². The number of carbonyl (C=O) groups is 5. The standard InChI is InChI=1S/C53H68N6O11/c1-10-43(61)57-22-20-52(66,30-57)49(64)56(7)45(32(3)4)47(62)54-40-26-33-24-36(27-37(60)25-33)35-16-17-41-38(28-35)39(46(58(41)11-2)44-34(18-23-68-8)14-12-15-42(44)69-9)29-51(5,6)31-70-50(65)53(67)19-13-21-59(55-53)48(40)63/h10,12,14-17,24-25,27-28,32,40,45,55,60,66-67H,1,11,13,18-23,26,29-31H2,2-9H3,(H,54,62)/t40-,45-,52+,53-/m0/s1. The van der Waals surface area contributed by atoms with Gasteiger partial charge in [0.15, 0.2) is 5.60 Å². The molecule has 3 aromatic carbocycles. The fourth-order valence-corrected chi connectivity index (χ4v) is 10.4. The molecule has 1 aromatic heterocycles. The van der Waals surface area contributed by atoms with E-state index in [0.717, 1.165) is 54.8 Å². The first-order valence-electron chi connectivity index (χ1n) is 24.0. The number of carbonyl (C=O) groups excluding carboxylic acids is 5. The average molecular weight is 965 g/mol. The minimum atomic E-state index is -2.31. The fraction of sp³-hybridized carbons (Fsp3) is 0.491. The molecule has 4 aromatic rings. The highest BCUT2D eigenvalue weighted by Gasteiger charge is 2.49. The van der Waals surface area contributed by atoms with Gasteiger partial charge in [0.25, 0.3) is 11.8 Å². The number of hydrazine groups is 1. The Hall–Kier alpha value is -6.27. The van der Waals surface area contributed by atoms with Crippen molar-refractivity contribution in [1.29, 1.82) is 0 Å². The third-order valence-corrected chi connectivity index (χ3v) is 13.9. The summed E-state index contributed by atoms with van der Waals surface area (Å²) >= 11 is 0. The SMILES string of the molecule is C=CC(=O)N1CC[C@](O)(C(=O)N(C)[C@H](C(=O)N[C@H]2Cc3cc(O)cc(c3)-c3ccc4c(c3)c(c(-c3c(CCOC)cccc3OC)n4CC)CC(C)(C)COC(=O)[C@@]3(O)CCCN(N3)C2=O)C(C)C)C1. The summed E-state index contributed by atoms with van der Waals surface area (Å²) < 4.78 is 19.8. The highest BCUT2D eigenvalue weighted by Crippen LogP contribution is 2.45. The average Bonchev–Trinajstić information content (AvgIpc) is 3.88. The van der Waals surface area contributed by atoms with Crippen LogP contribution in [-0.2, 0) is 59.3 Å². The number of aromatic nitrogens is 1. The van der Waals surface area contributed by atoms with Crippen LogP contribution in [0.15, 0.2) is 67.3 Å². The first kappa shape index (κ1) is 51.6. The Morgan fingerprint density at radius 2 is 1.80 bits per heavy atom. The van der Waals surface area contributed by atoms with E-state index in [1.807, 2.05) is 44.2 Å². The molecule has 6 bridgehead atoms. The van der Waals surface area contributed by atoms with Crippen molar-refractivity contribution in [1.82, 2.24) is 30.1 Å². The lowest BCUT2D eigenvalue weighted by Gasteiger charge is -2.40. The summed E-state index contributed by atoms with van der Waals surface area (Å²) in [4.78, 5) is 72.3. The molecule has 17 heteroatoms. The third-order valence-electron chi connectivity index (χ3n) is 13.9. The predicted octanol–water partition coefficient (Wildman–Crippen LogP) is 4.50. The molecule has 3 aliphatic rings. The maximum atomic E-state index is 14.8. The molecule has 17 nitrogen and oxygen atoms in total. The number of hydrogen-bond donors (Lipinski definition) is 5. The zero-order valence-electron chi connectivity index (χ0n) is 41.6. The lowest BCUT2D eigenvalue weighted by atomic mass is 9.83. The second-order valence-electron chi connectivity index (χ2n) is 20.0. The van der Waals surface area contributed by atoms with E-state index in [1.165, 1.54) is 18.0 Å². The van der Waals surface area contributed by atoms with Gasteiger partial charge in [-0.25, -0.2) is 4.79 Å². The van der Waals surface area contributed by atoms with E-state index >= 15 is 0 Å². The lowest BCUT2D eigenvalue weighted by molar-refractivity contribution is -0.189. The van der Waals surface area contributed by atoms with Crippen LogP contribution < -0.4 is 15.5 Å². The molecule has 70 heavy (non-hydrogen) atoms. The molecule has 7 rings (SSSR count). The van der Waals surface area contributed by atoms with Gasteiger partial charge in [-0.05, 0) is 96.3 Å². The van der Waals surface area contributed by atoms with Gasteiger partial charge >= 0.3 is 5.97 Å². The van der Waals surface area contributed by atoms with Crippen LogP contribution in [-0.4, -0.2) is 142 Å². The van der Waals surface area contributed by atoms with E-state index in [-0.39, 0.29) is 57.7 Å². The minimum Gasteiger partial charge on any atom is -0.508 e. The van der Waals surface area contributed by atoms with Crippen molar-refractivity contribution in [2.45, 2.75) is 103 Å². The number of nitrogens with one attached hydrogen (secondary N) is 2. The van der Waals surface area contributed by atoms with Gasteiger partial charge in [-0.1, -0.05) is 58.5 Å². The summed E-state index contributed by atoms with van der Waals surface area (Å²) in [6.07, 6.45) is 2.07. The molecule has 0 radical (unpaired) electrons. The number of β-amino-alcohol motifs (C(OH)–C–C–N with tert-alkyl or cyclic N) is 1. The molecule has 4 atom stereocenters. The number of cyclic esters (lactones) is 1. The molecule has 0 saturated carbocycles. The number of methoxy groups -OCH3 is 2. The normalized spacial score (nSPS) is 22.1. The Bertz CT molecular complexity index is 2680. The van der Waals surface area contributed by atoms with Gasteiger partial charge in [-0.15, -0.1) is 0 Å². The van der Waals surface area contributed by atoms with E-state index in [9.17, 15) is 39.3 Å². The highest BCUT2D eigenvalue weighted by atomic mass is 16.6. The molecule has 4 heterocycles. The van der Waals surface area contributed by atoms with Crippen molar-refractivity contribution in [3.05, 3.63) is 83.9 Å². The number of phenols is 1. The number of phenolic OH excluding ortho intramolecular Hbond substituents is 1. The number of rotatable bonds is 12. The Morgan fingerprint density at radius 1 is 1.04 bits per heavy atom. The first-order valence-corrected chi connectivity index (χ1v) is 24.0. The number of ether oxygens (including phenoxy) is 3. The molecule has 2 saturated heterocycles. The number of fused-ring (bicyclic) bond motifs is 6. The number of amides is 4. The predicted molar refractivity (Wildman–Crippen MR) is 263 cm³/mol. The monoisotopic (exact) mass is 964 g/mol. The van der Waals surface area contributed by atoms with Crippen LogP contribution in [0.3, 0.4) is 0 Å². The number of likely N-dealkylation sites (tertiary alicyclic amines) is 1. The van der Waals surface area contributed by atoms with Crippen LogP contribution in [0.1, 0.15) is 70.6 Å². The van der Waals surface area contributed by atoms with Gasteiger partial charge in [0.1, 0.15) is 23.6 Å². The van der Waals surface area contributed by atoms with E-state index in [2.05, 4.69) is 40.9 Å². The molecule has 0 unspecified atom stereocenters. The van der Waals surface area contributed by atoms with Crippen molar-refractivity contribution in [3.63, 3.8) is 0 Å². The number of likely N-dealkylation sites (N-methyl/N-ethyl adjacent to an activating group) is 1. The largest absolute Gasteiger partial charge is 0.508 e. The fourth-order valence-electron chi connectivity index (χ4n) is 10.4. The first-order chi connectivity index (χ1) is 33.2. The van der Waals surface area contributed by atoms with Gasteiger partial charge in [-0.2, -0.15) is 5.43 Å². The minimum absolute atomic E-state index is 0.0516. The summed E-state index contributed by atoms with van der Waals surface area (Å²) in [5.74, 6) is -3.51. The number of nitrogens with zero attached hydrogens (tertiary/aromatic N) is 4. The second-order valence-corrected chi connectivity index (χ2v) is 20.0. The molecular weight excluding hydrogens is 897 g/mol. The zero-order chi connectivity index (χ0) is 50.9. The van der Waals surface area contributed by atoms with Gasteiger partial charge in [0.05, 0.1) is 32.6 Å². The number of esters is 1. The number of aromatic hydroxyl groups is 1. The molecule has 0 spiro atoms. The zero-order valence-corrected chi connectivity index (χ0v) is 41.6. The van der Waals surface area contributed by atoms with Gasteiger partial charge in [-0.3, -0.25) is 24.2 Å². The number of hydrogen-bond acceptors (Lipinski definition) is 12. The van der Waals surface area contributed by atoms with E-state index < -0.39 is 64.3 Å². The number of benzene rings is 3. The molecule has 5 N–H and O–H groups in total. The Morgan fingerprint density at radius 3 is 2.49 bits per heavy atom. The van der Waals surface area contributed by atoms with Crippen molar-refractivity contribution < 1.29 is 53.5 Å². The Balaban J connectivity index is 1.34. The van der Waals surface area contributed by atoms with Crippen LogP contribution in [0.5, 0.6) is 11.5 Å². The number of aryl methyl sites for hydroxylation is 1. The van der Waals surface area contributed by atoms with Crippen LogP contribution in [0.2, 0.25) is 0 Å². The van der Waals surface area contributed by atoms with E-state index in [4.69, 9.17) is 14.2 Å². The van der Waals surface area contributed by atoms with Gasteiger partial charge in [0, 0.05) is 74.9 Å². The maximum absolute atomic E-state index is 14.8. The lowest BCUT2D eigenvalue weighted by Crippen LogP contribution is -2.67. The molecular formula is C53H68N6O11. The summed E-state index contributed by atoms with van der Waals surface area (Å²) in [7, 11) is 4.71. The van der Waals surface area contributed by atoms with Crippen LogP contribution in [0.25, 0.3) is 33.3 Å². The van der Waals surface area contributed by atoms with E-state index in [0.29, 0.717) is 42.9 Å². The van der Waals surface area contributed by atoms with Crippen molar-refractivity contribution in [3.8, 4) is 33.9 Å². The van der Waals surface area contributed by atoms with Crippen molar-refractivity contribution in [2.24, 2.45) is 11.3 Å². The highest BCUT2D eigenvalue weighted by molar-refractivity contribution is 5.98. The molecule has 4 amide bonds. The summed E-state index contributed by atoms with van der Waals surface area (Å²) in [5.41, 5.74) is 4.45. The Labute approximate surface area is 409 Å². The summed E-state index contributed by atoms with van der Waals surface area (Å²) in [5, 5.41) is 39.7. The Kier molecular flexibility index (Phi) is 15.2. The van der Waals surface area contributed by atoms with Gasteiger partial charge < -0.3 is 49.2 Å². The molecule has 2 fully saturated rings. The molecule has 0 aliphatic carbocycles. The van der Waals surface area contributed by atoms with Gasteiger partial charge in [0.2, 0.25) is 17.5 Å². The summed E-state index contributed by atoms with van der Waals surface area (Å²) in [6, 6.07) is 14.5. The third kappa shape index (κ3) is 10.3. The number of aliphatic hydroxyl groups is 2. The topological polar surface area (TPSA) is 212 Å². The van der Waals surface area contributed by atoms with E-state index in [1.54, 1.807) is 34.1 Å². The smallest absolute Gasteiger partial charge is 0.355 e. The molecule has 3 aliphatic heterocycles. The van der Waals surface area contributed by atoms with Crippen molar-refractivity contribution >= 4 is 40.5 Å².